The molecule has 0 saturated carbocycles. The smallest absolute Gasteiger partial charge is 0.316 e. The van der Waals surface area contributed by atoms with Crippen LogP contribution < -0.4 is 15.2 Å². The van der Waals surface area contributed by atoms with E-state index in [2.05, 4.69) is 5.10 Å². The van der Waals surface area contributed by atoms with Gasteiger partial charge in [-0.2, -0.15) is 14.1 Å². The summed E-state index contributed by atoms with van der Waals surface area (Å²) in [5.74, 6) is 0.222. The van der Waals surface area contributed by atoms with Gasteiger partial charge in [0.15, 0.2) is 0 Å². The molecule has 2 aromatic rings. The van der Waals surface area contributed by atoms with Crippen LogP contribution in [0.15, 0.2) is 41.3 Å². The second kappa shape index (κ2) is 9.60. The maximum absolute atomic E-state index is 13.4. The van der Waals surface area contributed by atoms with Crippen molar-refractivity contribution in [2.24, 2.45) is 0 Å². The molecule has 1 atom stereocenters. The van der Waals surface area contributed by atoms with Crippen LogP contribution in [0.25, 0.3) is 5.69 Å². The van der Waals surface area contributed by atoms with Gasteiger partial charge in [-0.15, -0.1) is 0 Å². The third-order valence-electron chi connectivity index (χ3n) is 5.89. The molecule has 2 saturated heterocycles. The molecule has 2 fully saturated rings. The highest BCUT2D eigenvalue weighted by atomic mass is 32.2. The minimum Gasteiger partial charge on any atom is -0.483 e. The number of benzene rings is 1. The maximum atomic E-state index is 13.4. The van der Waals surface area contributed by atoms with Crippen LogP contribution in [0.5, 0.6) is 5.75 Å². The quantitative estimate of drug-likeness (QED) is 0.618. The third kappa shape index (κ3) is 4.67. The van der Waals surface area contributed by atoms with Crippen molar-refractivity contribution in [3.05, 3.63) is 46.9 Å². The first kappa shape index (κ1) is 22.8. The number of hydrogen-bond acceptors (Lipinski definition) is 7. The van der Waals surface area contributed by atoms with Gasteiger partial charge in [-0.25, -0.2) is 8.42 Å². The lowest BCUT2D eigenvalue weighted by molar-refractivity contribution is 0.0673. The fraction of sp³-hybridized carbons (Fsp3) is 0.545. The first-order chi connectivity index (χ1) is 15.4. The van der Waals surface area contributed by atoms with Crippen LogP contribution in [0, 0.1) is 0 Å². The maximum Gasteiger partial charge on any atom is 0.316 e. The van der Waals surface area contributed by atoms with E-state index in [1.807, 2.05) is 35.2 Å². The zero-order valence-electron chi connectivity index (χ0n) is 18.5. The highest BCUT2D eigenvalue weighted by molar-refractivity contribution is 7.89. The molecule has 32 heavy (non-hydrogen) atoms. The molecule has 2 aliphatic heterocycles. The number of aromatic nitrogens is 2. The largest absolute Gasteiger partial charge is 0.483 e. The first-order valence-corrected chi connectivity index (χ1v) is 12.5. The second-order valence-electron chi connectivity index (χ2n) is 8.34. The Morgan fingerprint density at radius 2 is 1.88 bits per heavy atom. The second-order valence-corrected chi connectivity index (χ2v) is 10.8. The van der Waals surface area contributed by atoms with E-state index < -0.39 is 15.3 Å². The molecule has 2 aliphatic rings. The van der Waals surface area contributed by atoms with Gasteiger partial charge in [0.05, 0.1) is 23.2 Å². The lowest BCUT2D eigenvalue weighted by Crippen LogP contribution is -2.50. The van der Waals surface area contributed by atoms with Crippen molar-refractivity contribution >= 4 is 15.7 Å². The topological polar surface area (TPSA) is 94.0 Å². The summed E-state index contributed by atoms with van der Waals surface area (Å²) in [6.45, 7) is 6.00. The molecule has 0 N–H and O–H groups in total. The zero-order valence-corrected chi connectivity index (χ0v) is 19.3. The van der Waals surface area contributed by atoms with Crippen molar-refractivity contribution in [3.63, 3.8) is 0 Å². The summed E-state index contributed by atoms with van der Waals surface area (Å²) in [5, 5.41) is 3.92. The van der Waals surface area contributed by atoms with E-state index in [-0.39, 0.29) is 17.4 Å². The van der Waals surface area contributed by atoms with Crippen molar-refractivity contribution in [1.29, 1.82) is 0 Å². The predicted octanol–water partition coefficient (Wildman–Crippen LogP) is 1.65. The number of rotatable bonds is 7. The number of nitrogens with zero attached hydrogens (tertiary/aromatic N) is 4. The summed E-state index contributed by atoms with van der Waals surface area (Å²) in [5.41, 5.74) is 0.893. The Balaban J connectivity index is 1.61. The van der Waals surface area contributed by atoms with E-state index in [1.54, 1.807) is 20.0 Å². The Hall–Kier alpha value is -2.43. The molecule has 3 heterocycles. The standard InChI is InChI=1S/C22H30N4O5S/c1-17(2)32(28,29)25-12-10-24(11-13-25)20-15-23-26(18-7-4-3-5-8-18)22(27)21(20)31-16-19-9-6-14-30-19/h3-5,7-8,15,17,19H,6,9-14,16H2,1-2H3. The van der Waals surface area contributed by atoms with Gasteiger partial charge < -0.3 is 14.4 Å². The van der Waals surface area contributed by atoms with Gasteiger partial charge in [0.25, 0.3) is 0 Å². The summed E-state index contributed by atoms with van der Waals surface area (Å²) in [4.78, 5) is 15.3. The van der Waals surface area contributed by atoms with Crippen LogP contribution in [0.4, 0.5) is 5.69 Å². The van der Waals surface area contributed by atoms with Crippen LogP contribution in [0.3, 0.4) is 0 Å². The molecule has 0 spiro atoms. The van der Waals surface area contributed by atoms with E-state index in [4.69, 9.17) is 9.47 Å². The van der Waals surface area contributed by atoms with Crippen LogP contribution in [0.2, 0.25) is 0 Å². The fourth-order valence-corrected chi connectivity index (χ4v) is 5.25. The van der Waals surface area contributed by atoms with E-state index in [1.165, 1.54) is 8.99 Å². The summed E-state index contributed by atoms with van der Waals surface area (Å²) in [7, 11) is -3.31. The number of piperazine rings is 1. The number of sulfonamides is 1. The Kier molecular flexibility index (Phi) is 6.82. The Morgan fingerprint density at radius 1 is 1.16 bits per heavy atom. The summed E-state index contributed by atoms with van der Waals surface area (Å²) < 4.78 is 39.5. The highest BCUT2D eigenvalue weighted by Crippen LogP contribution is 2.27. The van der Waals surface area contributed by atoms with Gasteiger partial charge in [-0.1, -0.05) is 18.2 Å². The van der Waals surface area contributed by atoms with Crippen molar-refractivity contribution in [2.45, 2.75) is 38.0 Å². The number of para-hydroxylation sites is 1. The molecule has 0 radical (unpaired) electrons. The van der Waals surface area contributed by atoms with E-state index in [0.29, 0.717) is 50.8 Å². The molecule has 1 aromatic heterocycles. The van der Waals surface area contributed by atoms with Gasteiger partial charge >= 0.3 is 5.56 Å². The lowest BCUT2D eigenvalue weighted by Gasteiger charge is -2.36. The molecular formula is C22H30N4O5S. The van der Waals surface area contributed by atoms with Gasteiger partial charge in [-0.3, -0.25) is 4.79 Å². The predicted molar refractivity (Wildman–Crippen MR) is 122 cm³/mol. The van der Waals surface area contributed by atoms with Gasteiger partial charge in [0, 0.05) is 32.8 Å². The van der Waals surface area contributed by atoms with Gasteiger partial charge in [-0.05, 0) is 38.8 Å². The van der Waals surface area contributed by atoms with Crippen LogP contribution in [-0.4, -0.2) is 73.3 Å². The molecule has 10 heteroatoms. The lowest BCUT2D eigenvalue weighted by atomic mass is 10.2. The molecule has 9 nitrogen and oxygen atoms in total. The SMILES string of the molecule is CC(C)S(=O)(=O)N1CCN(c2cnn(-c3ccccc3)c(=O)c2OCC2CCCO2)CC1. The first-order valence-electron chi connectivity index (χ1n) is 11.0. The summed E-state index contributed by atoms with van der Waals surface area (Å²) in [6, 6.07) is 9.20. The number of anilines is 1. The summed E-state index contributed by atoms with van der Waals surface area (Å²) >= 11 is 0. The van der Waals surface area contributed by atoms with Crippen molar-refractivity contribution in [3.8, 4) is 11.4 Å². The molecule has 4 rings (SSSR count). The number of ether oxygens (including phenoxy) is 2. The van der Waals surface area contributed by atoms with E-state index in [0.717, 1.165) is 12.8 Å². The zero-order chi connectivity index (χ0) is 22.7. The fourth-order valence-electron chi connectivity index (χ4n) is 3.98. The minimum absolute atomic E-state index is 0.0337. The minimum atomic E-state index is -3.31. The molecule has 1 aromatic carbocycles. The van der Waals surface area contributed by atoms with Gasteiger partial charge in [0.2, 0.25) is 15.8 Å². The van der Waals surface area contributed by atoms with Crippen LogP contribution in [-0.2, 0) is 14.8 Å². The third-order valence-corrected chi connectivity index (χ3v) is 8.16. The molecule has 0 bridgehead atoms. The Morgan fingerprint density at radius 3 is 2.50 bits per heavy atom. The Bertz CT molecular complexity index is 1070. The highest BCUT2D eigenvalue weighted by Gasteiger charge is 2.31. The van der Waals surface area contributed by atoms with Crippen LogP contribution >= 0.6 is 0 Å². The van der Waals surface area contributed by atoms with Gasteiger partial charge in [0.1, 0.15) is 12.3 Å². The molecule has 0 amide bonds. The van der Waals surface area contributed by atoms with Crippen molar-refractivity contribution in [2.75, 3.05) is 44.3 Å². The molecule has 174 valence electrons. The monoisotopic (exact) mass is 462 g/mol. The van der Waals surface area contributed by atoms with Crippen LogP contribution in [0.1, 0.15) is 26.7 Å². The van der Waals surface area contributed by atoms with Crippen molar-refractivity contribution < 1.29 is 17.9 Å². The average Bonchev–Trinajstić information content (AvgIpc) is 3.32. The van der Waals surface area contributed by atoms with E-state index >= 15 is 0 Å². The normalized spacial score (nSPS) is 20.1. The number of hydrogen-bond donors (Lipinski definition) is 0. The average molecular weight is 463 g/mol. The Labute approximate surface area is 188 Å². The molecule has 1 unspecified atom stereocenters. The molecule has 0 aliphatic carbocycles. The van der Waals surface area contributed by atoms with Crippen molar-refractivity contribution in [1.82, 2.24) is 14.1 Å². The summed E-state index contributed by atoms with van der Waals surface area (Å²) in [6.07, 6.45) is 3.48. The van der Waals surface area contributed by atoms with E-state index in [9.17, 15) is 13.2 Å². The molecular weight excluding hydrogens is 432 g/mol.